The molecule has 90 valence electrons. The van der Waals surface area contributed by atoms with Crippen molar-refractivity contribution in [2.45, 2.75) is 18.7 Å². The Morgan fingerprint density at radius 1 is 1.31 bits per heavy atom. The summed E-state index contributed by atoms with van der Waals surface area (Å²) in [6, 6.07) is 3.15. The van der Waals surface area contributed by atoms with Gasteiger partial charge in [-0.05, 0) is 17.7 Å². The summed E-state index contributed by atoms with van der Waals surface area (Å²) in [6.07, 6.45) is -6.07. The fourth-order valence-electron chi connectivity index (χ4n) is 1.34. The van der Waals surface area contributed by atoms with Crippen LogP contribution in [0.15, 0.2) is 18.2 Å². The summed E-state index contributed by atoms with van der Waals surface area (Å²) < 4.78 is 37.8. The van der Waals surface area contributed by atoms with Crippen LogP contribution in [0.2, 0.25) is 5.02 Å². The van der Waals surface area contributed by atoms with Gasteiger partial charge in [0.1, 0.15) is 0 Å². The van der Waals surface area contributed by atoms with Crippen molar-refractivity contribution in [2.75, 3.05) is 6.61 Å². The molecule has 1 rings (SSSR count). The van der Waals surface area contributed by atoms with Crippen LogP contribution in [0.1, 0.15) is 23.7 Å². The van der Waals surface area contributed by atoms with Gasteiger partial charge in [0.05, 0.1) is 11.7 Å². The number of hydrogen-bond donors (Lipinski definition) is 2. The molecule has 1 unspecified atom stereocenters. The first-order valence-electron chi connectivity index (χ1n) is 4.52. The number of hydrogen-bond acceptors (Lipinski definition) is 2. The van der Waals surface area contributed by atoms with Gasteiger partial charge in [0, 0.05) is 18.1 Å². The minimum Gasteiger partial charge on any atom is -0.396 e. The Balaban J connectivity index is 3.18. The number of benzene rings is 1. The fraction of sp³-hybridized carbons (Fsp3) is 0.400. The first-order valence-corrected chi connectivity index (χ1v) is 4.89. The van der Waals surface area contributed by atoms with Crippen LogP contribution >= 0.6 is 11.6 Å². The normalized spacial score (nSPS) is 13.9. The number of rotatable bonds is 3. The Bertz CT molecular complexity index is 366. The van der Waals surface area contributed by atoms with Gasteiger partial charge in [-0.15, -0.1) is 0 Å². The zero-order valence-electron chi connectivity index (χ0n) is 8.13. The van der Waals surface area contributed by atoms with Crippen molar-refractivity contribution in [3.05, 3.63) is 34.3 Å². The molecule has 1 aromatic carbocycles. The van der Waals surface area contributed by atoms with E-state index in [2.05, 4.69) is 0 Å². The molecule has 0 heterocycles. The maximum atomic E-state index is 12.6. The molecule has 0 aliphatic carbocycles. The van der Waals surface area contributed by atoms with E-state index in [1.54, 1.807) is 0 Å². The van der Waals surface area contributed by atoms with Crippen molar-refractivity contribution in [3.8, 4) is 0 Å². The lowest BCUT2D eigenvalue weighted by Crippen LogP contribution is -2.12. The van der Waals surface area contributed by atoms with Gasteiger partial charge in [-0.25, -0.2) is 0 Å². The van der Waals surface area contributed by atoms with E-state index in [1.165, 1.54) is 6.07 Å². The van der Waals surface area contributed by atoms with Gasteiger partial charge in [0.2, 0.25) is 0 Å². The largest absolute Gasteiger partial charge is 0.416 e. The molecule has 0 bridgehead atoms. The molecule has 0 amide bonds. The van der Waals surface area contributed by atoms with Gasteiger partial charge in [0.15, 0.2) is 0 Å². The third kappa shape index (κ3) is 3.10. The van der Waals surface area contributed by atoms with Crippen LogP contribution in [0.5, 0.6) is 0 Å². The Hall–Kier alpha value is -0.780. The van der Waals surface area contributed by atoms with Crippen LogP contribution in [-0.2, 0) is 6.18 Å². The molecule has 0 saturated carbocycles. The molecule has 0 fully saturated rings. The highest BCUT2D eigenvalue weighted by molar-refractivity contribution is 6.30. The molecule has 1 aromatic rings. The highest BCUT2D eigenvalue weighted by Crippen LogP contribution is 2.36. The van der Waals surface area contributed by atoms with Crippen molar-refractivity contribution in [1.82, 2.24) is 0 Å². The minimum atomic E-state index is -4.57. The summed E-state index contributed by atoms with van der Waals surface area (Å²) in [7, 11) is 0. The van der Waals surface area contributed by atoms with Crippen molar-refractivity contribution < 1.29 is 23.4 Å². The van der Waals surface area contributed by atoms with Gasteiger partial charge in [-0.1, -0.05) is 17.7 Å². The third-order valence-electron chi connectivity index (χ3n) is 2.08. The highest BCUT2D eigenvalue weighted by Gasteiger charge is 2.35. The first kappa shape index (κ1) is 13.3. The Morgan fingerprint density at radius 3 is 2.44 bits per heavy atom. The minimum absolute atomic E-state index is 0.0488. The summed E-state index contributed by atoms with van der Waals surface area (Å²) in [5.74, 6) is 0. The van der Waals surface area contributed by atoms with Crippen LogP contribution < -0.4 is 0 Å². The topological polar surface area (TPSA) is 40.5 Å². The first-order chi connectivity index (χ1) is 7.36. The van der Waals surface area contributed by atoms with Crippen molar-refractivity contribution >= 4 is 11.6 Å². The molecule has 16 heavy (non-hydrogen) atoms. The molecular weight excluding hydrogens is 245 g/mol. The summed E-state index contributed by atoms with van der Waals surface area (Å²) >= 11 is 5.47. The van der Waals surface area contributed by atoms with Crippen molar-refractivity contribution in [2.24, 2.45) is 0 Å². The molecule has 0 saturated heterocycles. The molecule has 0 aliphatic rings. The number of alkyl halides is 3. The maximum absolute atomic E-state index is 12.6. The average molecular weight is 255 g/mol. The van der Waals surface area contributed by atoms with Crippen LogP contribution in [0.4, 0.5) is 13.2 Å². The van der Waals surface area contributed by atoms with E-state index in [0.717, 1.165) is 12.1 Å². The van der Waals surface area contributed by atoms with E-state index in [1.807, 2.05) is 0 Å². The van der Waals surface area contributed by atoms with Crippen LogP contribution in [-0.4, -0.2) is 16.8 Å². The lowest BCUT2D eigenvalue weighted by Gasteiger charge is -2.17. The van der Waals surface area contributed by atoms with Crippen LogP contribution in [0.25, 0.3) is 0 Å². The van der Waals surface area contributed by atoms with E-state index in [9.17, 15) is 18.3 Å². The Kier molecular flexibility index (Phi) is 4.18. The number of halogens is 4. The maximum Gasteiger partial charge on any atom is 0.416 e. The summed E-state index contributed by atoms with van der Waals surface area (Å²) in [4.78, 5) is 0. The standard InChI is InChI=1S/C10H10ClF3O2/c11-6-1-2-7(9(16)3-4-15)8(5-6)10(12,13)14/h1-2,5,9,15-16H,3-4H2. The second kappa shape index (κ2) is 5.03. The Labute approximate surface area is 95.3 Å². The van der Waals surface area contributed by atoms with E-state index in [0.29, 0.717) is 0 Å². The fourth-order valence-corrected chi connectivity index (χ4v) is 1.51. The Morgan fingerprint density at radius 2 is 1.94 bits per heavy atom. The van der Waals surface area contributed by atoms with Gasteiger partial charge < -0.3 is 10.2 Å². The van der Waals surface area contributed by atoms with Crippen molar-refractivity contribution in [1.29, 1.82) is 0 Å². The lowest BCUT2D eigenvalue weighted by molar-refractivity contribution is -0.139. The second-order valence-corrected chi connectivity index (χ2v) is 3.69. The molecular formula is C10H10ClF3O2. The molecule has 0 aliphatic heterocycles. The zero-order valence-corrected chi connectivity index (χ0v) is 8.89. The molecule has 1 atom stereocenters. The summed E-state index contributed by atoms with van der Waals surface area (Å²) in [5, 5.41) is 18.0. The van der Waals surface area contributed by atoms with Crippen LogP contribution in [0.3, 0.4) is 0 Å². The predicted molar refractivity (Wildman–Crippen MR) is 53.1 cm³/mol. The SMILES string of the molecule is OCCC(O)c1ccc(Cl)cc1C(F)(F)F. The summed E-state index contributed by atoms with van der Waals surface area (Å²) in [6.45, 7) is -0.388. The predicted octanol–water partition coefficient (Wildman–Crippen LogP) is 2.77. The van der Waals surface area contributed by atoms with E-state index in [-0.39, 0.29) is 23.6 Å². The number of aliphatic hydroxyl groups excluding tert-OH is 2. The second-order valence-electron chi connectivity index (χ2n) is 3.26. The number of aliphatic hydroxyl groups is 2. The van der Waals surface area contributed by atoms with Gasteiger partial charge in [0.25, 0.3) is 0 Å². The zero-order chi connectivity index (χ0) is 12.3. The van der Waals surface area contributed by atoms with Crippen molar-refractivity contribution in [3.63, 3.8) is 0 Å². The van der Waals surface area contributed by atoms with E-state index < -0.39 is 17.8 Å². The summed E-state index contributed by atoms with van der Waals surface area (Å²) in [5.41, 5.74) is -1.24. The lowest BCUT2D eigenvalue weighted by atomic mass is 10.00. The van der Waals surface area contributed by atoms with E-state index in [4.69, 9.17) is 16.7 Å². The average Bonchev–Trinajstić information content (AvgIpc) is 2.16. The van der Waals surface area contributed by atoms with E-state index >= 15 is 0 Å². The highest BCUT2D eigenvalue weighted by atomic mass is 35.5. The van der Waals surface area contributed by atoms with Gasteiger partial charge in [-0.3, -0.25) is 0 Å². The molecule has 0 aromatic heterocycles. The molecule has 2 N–H and O–H groups in total. The third-order valence-corrected chi connectivity index (χ3v) is 2.32. The quantitative estimate of drug-likeness (QED) is 0.871. The van der Waals surface area contributed by atoms with Gasteiger partial charge in [-0.2, -0.15) is 13.2 Å². The molecule has 0 spiro atoms. The van der Waals surface area contributed by atoms with Gasteiger partial charge >= 0.3 is 6.18 Å². The monoisotopic (exact) mass is 254 g/mol. The molecule has 6 heteroatoms. The van der Waals surface area contributed by atoms with Crippen LogP contribution in [0, 0.1) is 0 Å². The molecule has 0 radical (unpaired) electrons. The smallest absolute Gasteiger partial charge is 0.396 e. The molecule has 2 nitrogen and oxygen atoms in total.